The molecular formula is C15H28N2S. The van der Waals surface area contributed by atoms with Crippen LogP contribution in [0, 0.1) is 17.8 Å². The summed E-state index contributed by atoms with van der Waals surface area (Å²) < 4.78 is 0. The van der Waals surface area contributed by atoms with E-state index in [1.165, 1.54) is 43.0 Å². The maximum Gasteiger partial charge on any atom is 0.156 e. The smallest absolute Gasteiger partial charge is 0.156 e. The van der Waals surface area contributed by atoms with Crippen LogP contribution >= 0.6 is 11.8 Å². The number of amidine groups is 1. The minimum atomic E-state index is 0.628. The summed E-state index contributed by atoms with van der Waals surface area (Å²) in [6, 6.07) is 0.628. The van der Waals surface area contributed by atoms with Crippen molar-refractivity contribution in [2.24, 2.45) is 22.7 Å². The Hall–Kier alpha value is -0.180. The van der Waals surface area contributed by atoms with Crippen LogP contribution < -0.4 is 5.32 Å². The highest BCUT2D eigenvalue weighted by atomic mass is 32.2. The number of aliphatic imine (C=N–C) groups is 1. The summed E-state index contributed by atoms with van der Waals surface area (Å²) in [5.74, 6) is 3.78. The maximum atomic E-state index is 4.74. The zero-order chi connectivity index (χ0) is 13.0. The molecule has 18 heavy (non-hydrogen) atoms. The molecule has 0 aromatic heterocycles. The van der Waals surface area contributed by atoms with Gasteiger partial charge in [-0.15, -0.1) is 0 Å². The molecule has 1 aliphatic heterocycles. The summed E-state index contributed by atoms with van der Waals surface area (Å²) in [4.78, 5) is 4.74. The number of hydrogen-bond donors (Lipinski definition) is 1. The fourth-order valence-electron chi connectivity index (χ4n) is 3.03. The minimum Gasteiger partial charge on any atom is -0.361 e. The number of hydrogen-bond acceptors (Lipinski definition) is 2. The second kappa shape index (κ2) is 6.83. The molecule has 2 rings (SSSR count). The highest BCUT2D eigenvalue weighted by Gasteiger charge is 2.23. The lowest BCUT2D eigenvalue weighted by molar-refractivity contribution is 0.273. The van der Waals surface area contributed by atoms with Crippen LogP contribution in [0.2, 0.25) is 0 Å². The van der Waals surface area contributed by atoms with Crippen molar-refractivity contribution in [2.75, 3.05) is 12.3 Å². The summed E-state index contributed by atoms with van der Waals surface area (Å²) in [7, 11) is 0. The fraction of sp³-hybridized carbons (Fsp3) is 0.933. The molecule has 2 aliphatic rings. The van der Waals surface area contributed by atoms with Gasteiger partial charge in [-0.05, 0) is 30.6 Å². The van der Waals surface area contributed by atoms with Crippen molar-refractivity contribution in [3.63, 3.8) is 0 Å². The summed E-state index contributed by atoms with van der Waals surface area (Å²) in [6.45, 7) is 7.99. The second-order valence-corrected chi connectivity index (χ2v) is 7.43. The zero-order valence-electron chi connectivity index (χ0n) is 12.1. The molecular weight excluding hydrogens is 240 g/mol. The lowest BCUT2D eigenvalue weighted by Gasteiger charge is -2.26. The van der Waals surface area contributed by atoms with Crippen LogP contribution in [0.3, 0.4) is 0 Å². The van der Waals surface area contributed by atoms with Crippen LogP contribution in [0.5, 0.6) is 0 Å². The van der Waals surface area contributed by atoms with Gasteiger partial charge in [0.05, 0.1) is 0 Å². The van der Waals surface area contributed by atoms with Gasteiger partial charge in [0.2, 0.25) is 0 Å². The van der Waals surface area contributed by atoms with Crippen LogP contribution in [0.1, 0.15) is 52.9 Å². The fourth-order valence-corrected chi connectivity index (χ4v) is 4.25. The standard InChI is InChI=1S/C15H28N2S/c1-11(2)14-10-18-15(17-14)16-8-7-13-6-4-5-12(3)9-13/h11-14H,4-10H2,1-3H3,(H,16,17). The Morgan fingerprint density at radius 1 is 1.39 bits per heavy atom. The SMILES string of the molecule is CC1CCCC(CCN=C2NC(C(C)C)CS2)C1. The van der Waals surface area contributed by atoms with Crippen molar-refractivity contribution in [3.8, 4) is 0 Å². The van der Waals surface area contributed by atoms with Gasteiger partial charge in [0.15, 0.2) is 5.17 Å². The van der Waals surface area contributed by atoms with E-state index in [1.807, 2.05) is 11.8 Å². The van der Waals surface area contributed by atoms with Gasteiger partial charge < -0.3 is 5.32 Å². The topological polar surface area (TPSA) is 24.4 Å². The molecule has 0 bridgehead atoms. The molecule has 1 heterocycles. The predicted octanol–water partition coefficient (Wildman–Crippen LogP) is 3.92. The average Bonchev–Trinajstić information content (AvgIpc) is 2.78. The number of nitrogens with zero attached hydrogens (tertiary/aromatic N) is 1. The van der Waals surface area contributed by atoms with Crippen LogP contribution in [-0.4, -0.2) is 23.5 Å². The summed E-state index contributed by atoms with van der Waals surface area (Å²) in [5, 5.41) is 4.74. The van der Waals surface area contributed by atoms with E-state index < -0.39 is 0 Å². The van der Waals surface area contributed by atoms with Gasteiger partial charge in [0.1, 0.15) is 0 Å². The van der Waals surface area contributed by atoms with E-state index >= 15 is 0 Å². The Balaban J connectivity index is 1.68. The lowest BCUT2D eigenvalue weighted by atomic mass is 9.81. The average molecular weight is 268 g/mol. The van der Waals surface area contributed by atoms with E-state index in [4.69, 9.17) is 4.99 Å². The Morgan fingerprint density at radius 2 is 2.22 bits per heavy atom. The molecule has 0 radical (unpaired) electrons. The third kappa shape index (κ3) is 4.18. The van der Waals surface area contributed by atoms with Crippen molar-refractivity contribution in [1.82, 2.24) is 5.32 Å². The van der Waals surface area contributed by atoms with Crippen LogP contribution in [-0.2, 0) is 0 Å². The van der Waals surface area contributed by atoms with Crippen molar-refractivity contribution in [3.05, 3.63) is 0 Å². The monoisotopic (exact) mass is 268 g/mol. The summed E-state index contributed by atoms with van der Waals surface area (Å²) in [6.07, 6.45) is 7.04. The third-order valence-electron chi connectivity index (χ3n) is 4.35. The van der Waals surface area contributed by atoms with E-state index in [9.17, 15) is 0 Å². The molecule has 104 valence electrons. The van der Waals surface area contributed by atoms with E-state index in [0.29, 0.717) is 12.0 Å². The first kappa shape index (κ1) is 14.2. The summed E-state index contributed by atoms with van der Waals surface area (Å²) in [5.41, 5.74) is 0. The van der Waals surface area contributed by atoms with Gasteiger partial charge in [-0.1, -0.05) is 51.8 Å². The van der Waals surface area contributed by atoms with Gasteiger partial charge in [-0.2, -0.15) is 0 Å². The first-order valence-corrected chi connectivity index (χ1v) is 8.57. The lowest BCUT2D eigenvalue weighted by Crippen LogP contribution is -2.31. The molecule has 1 aliphatic carbocycles. The molecule has 2 fully saturated rings. The van der Waals surface area contributed by atoms with Gasteiger partial charge in [0, 0.05) is 18.3 Å². The zero-order valence-corrected chi connectivity index (χ0v) is 12.9. The third-order valence-corrected chi connectivity index (χ3v) is 5.40. The molecule has 3 atom stereocenters. The van der Waals surface area contributed by atoms with Gasteiger partial charge in [-0.3, -0.25) is 4.99 Å². The molecule has 2 nitrogen and oxygen atoms in total. The van der Waals surface area contributed by atoms with E-state index in [2.05, 4.69) is 26.1 Å². The van der Waals surface area contributed by atoms with Gasteiger partial charge in [0.25, 0.3) is 0 Å². The molecule has 3 heteroatoms. The first-order valence-electron chi connectivity index (χ1n) is 7.59. The molecule has 0 spiro atoms. The number of thioether (sulfide) groups is 1. The molecule has 3 unspecified atom stereocenters. The largest absolute Gasteiger partial charge is 0.361 e. The molecule has 0 amide bonds. The van der Waals surface area contributed by atoms with Crippen molar-refractivity contribution in [1.29, 1.82) is 0 Å². The normalized spacial score (nSPS) is 35.1. The van der Waals surface area contributed by atoms with Gasteiger partial charge >= 0.3 is 0 Å². The van der Waals surface area contributed by atoms with Crippen LogP contribution in [0.15, 0.2) is 4.99 Å². The van der Waals surface area contributed by atoms with Crippen molar-refractivity contribution >= 4 is 16.9 Å². The van der Waals surface area contributed by atoms with E-state index in [1.54, 1.807) is 0 Å². The minimum absolute atomic E-state index is 0.628. The molecule has 1 N–H and O–H groups in total. The highest BCUT2D eigenvalue weighted by Crippen LogP contribution is 2.30. The second-order valence-electron chi connectivity index (χ2n) is 6.42. The predicted molar refractivity (Wildman–Crippen MR) is 82.3 cm³/mol. The number of nitrogens with one attached hydrogen (secondary N) is 1. The van der Waals surface area contributed by atoms with Crippen molar-refractivity contribution in [2.45, 2.75) is 58.9 Å². The van der Waals surface area contributed by atoms with Crippen molar-refractivity contribution < 1.29 is 0 Å². The molecule has 0 aromatic carbocycles. The Labute approximate surface area is 116 Å². The Bertz CT molecular complexity index is 288. The highest BCUT2D eigenvalue weighted by molar-refractivity contribution is 8.14. The van der Waals surface area contributed by atoms with E-state index in [0.717, 1.165) is 18.4 Å². The van der Waals surface area contributed by atoms with E-state index in [-0.39, 0.29) is 0 Å². The molecule has 0 aromatic rings. The number of rotatable bonds is 4. The van der Waals surface area contributed by atoms with Crippen LogP contribution in [0.25, 0.3) is 0 Å². The summed E-state index contributed by atoms with van der Waals surface area (Å²) >= 11 is 1.90. The van der Waals surface area contributed by atoms with Gasteiger partial charge in [-0.25, -0.2) is 0 Å². The molecule has 1 saturated heterocycles. The maximum absolute atomic E-state index is 4.74. The Kier molecular flexibility index (Phi) is 5.40. The quantitative estimate of drug-likeness (QED) is 0.835. The molecule has 1 saturated carbocycles. The Morgan fingerprint density at radius 3 is 2.89 bits per heavy atom. The van der Waals surface area contributed by atoms with Crippen LogP contribution in [0.4, 0.5) is 0 Å². The first-order chi connectivity index (χ1) is 8.65.